The standard InChI is InChI=1S/C33H54O2/c1-9-21(2)28(35)33-17-12-23-22(24(33)20-29(3,4)18-19-33)10-11-26-31(23,7)15-13-25-30(5,6)27(34)14-16-32(25,26)8/h10,21,23-27,34H,9,11-20H2,1-8H3. The molecule has 0 saturated heterocycles. The molecular weight excluding hydrogens is 428 g/mol. The lowest BCUT2D eigenvalue weighted by Crippen LogP contribution is -2.62. The minimum atomic E-state index is -0.161. The first-order valence-corrected chi connectivity index (χ1v) is 15.2. The van der Waals surface area contributed by atoms with E-state index in [1.54, 1.807) is 5.57 Å². The van der Waals surface area contributed by atoms with E-state index >= 15 is 0 Å². The highest BCUT2D eigenvalue weighted by atomic mass is 16.3. The number of allylic oxidation sites excluding steroid dienone is 2. The van der Waals surface area contributed by atoms with Crippen molar-refractivity contribution in [2.24, 2.45) is 56.7 Å². The van der Waals surface area contributed by atoms with Gasteiger partial charge in [-0.2, -0.15) is 0 Å². The zero-order valence-electron chi connectivity index (χ0n) is 24.2. The SMILES string of the molecule is CCC(C)C(=O)C12CCC3C(=CCC4C3(C)CCC3C(C)(C)C(O)CCC34C)C1CC(C)(C)CC2. The van der Waals surface area contributed by atoms with Crippen LogP contribution in [0.4, 0.5) is 0 Å². The van der Waals surface area contributed by atoms with Crippen LogP contribution in [-0.4, -0.2) is 17.0 Å². The summed E-state index contributed by atoms with van der Waals surface area (Å²) in [6, 6.07) is 0. The monoisotopic (exact) mass is 482 g/mol. The van der Waals surface area contributed by atoms with Gasteiger partial charge in [-0.05, 0) is 116 Å². The smallest absolute Gasteiger partial charge is 0.142 e. The van der Waals surface area contributed by atoms with Crippen molar-refractivity contribution in [1.29, 1.82) is 0 Å². The van der Waals surface area contributed by atoms with Gasteiger partial charge in [-0.25, -0.2) is 0 Å². The molecule has 5 aliphatic rings. The molecule has 198 valence electrons. The number of ketones is 1. The zero-order chi connectivity index (χ0) is 25.6. The third-order valence-electron chi connectivity index (χ3n) is 13.4. The van der Waals surface area contributed by atoms with E-state index < -0.39 is 0 Å². The minimum absolute atomic E-state index is 0.0101. The molecule has 0 aromatic carbocycles. The fraction of sp³-hybridized carbons (Fsp3) is 0.909. The van der Waals surface area contributed by atoms with Crippen LogP contribution in [0.3, 0.4) is 0 Å². The molecular formula is C33H54O2. The third kappa shape index (κ3) is 3.54. The molecule has 9 atom stereocenters. The van der Waals surface area contributed by atoms with Crippen LogP contribution >= 0.6 is 0 Å². The van der Waals surface area contributed by atoms with E-state index in [4.69, 9.17) is 0 Å². The van der Waals surface area contributed by atoms with Crippen molar-refractivity contribution in [1.82, 2.24) is 0 Å². The molecule has 0 spiro atoms. The second-order valence-electron chi connectivity index (χ2n) is 15.8. The van der Waals surface area contributed by atoms with Crippen molar-refractivity contribution in [2.45, 2.75) is 132 Å². The lowest BCUT2D eigenvalue weighted by Gasteiger charge is -2.68. The van der Waals surface area contributed by atoms with Gasteiger partial charge in [0, 0.05) is 11.3 Å². The van der Waals surface area contributed by atoms with Gasteiger partial charge < -0.3 is 5.11 Å². The first-order chi connectivity index (χ1) is 16.2. The predicted octanol–water partition coefficient (Wildman–Crippen LogP) is 8.37. The van der Waals surface area contributed by atoms with Gasteiger partial charge in [-0.3, -0.25) is 4.79 Å². The Morgan fingerprint density at radius 3 is 2.29 bits per heavy atom. The third-order valence-corrected chi connectivity index (χ3v) is 13.4. The summed E-state index contributed by atoms with van der Waals surface area (Å²) in [5.41, 5.74) is 2.59. The van der Waals surface area contributed by atoms with Crippen molar-refractivity contribution in [3.05, 3.63) is 11.6 Å². The number of carbonyl (C=O) groups excluding carboxylic acids is 1. The average molecular weight is 483 g/mol. The summed E-state index contributed by atoms with van der Waals surface area (Å²) in [7, 11) is 0. The van der Waals surface area contributed by atoms with Crippen LogP contribution in [0.15, 0.2) is 11.6 Å². The molecule has 5 rings (SSSR count). The Bertz CT molecular complexity index is 897. The van der Waals surface area contributed by atoms with Crippen molar-refractivity contribution in [3.63, 3.8) is 0 Å². The summed E-state index contributed by atoms with van der Waals surface area (Å²) in [6.45, 7) is 19.2. The quantitative estimate of drug-likeness (QED) is 0.410. The molecule has 0 aromatic rings. The Labute approximate surface area is 216 Å². The van der Waals surface area contributed by atoms with Crippen LogP contribution in [0.5, 0.6) is 0 Å². The van der Waals surface area contributed by atoms with E-state index in [-0.39, 0.29) is 22.9 Å². The molecule has 4 saturated carbocycles. The Hall–Kier alpha value is -0.630. The van der Waals surface area contributed by atoms with E-state index in [9.17, 15) is 9.90 Å². The van der Waals surface area contributed by atoms with Crippen molar-refractivity contribution >= 4 is 5.78 Å². The summed E-state index contributed by atoms with van der Waals surface area (Å²) in [6.07, 6.45) is 15.2. The average Bonchev–Trinajstić information content (AvgIpc) is 2.80. The second kappa shape index (κ2) is 8.18. The fourth-order valence-corrected chi connectivity index (χ4v) is 11.0. The van der Waals surface area contributed by atoms with Crippen LogP contribution in [0.25, 0.3) is 0 Å². The lowest BCUT2D eigenvalue weighted by molar-refractivity contribution is -0.187. The number of hydrogen-bond donors (Lipinski definition) is 1. The van der Waals surface area contributed by atoms with Crippen LogP contribution < -0.4 is 0 Å². The van der Waals surface area contributed by atoms with Crippen LogP contribution in [0.2, 0.25) is 0 Å². The Morgan fingerprint density at radius 1 is 0.914 bits per heavy atom. The Morgan fingerprint density at radius 2 is 1.60 bits per heavy atom. The van der Waals surface area contributed by atoms with Gasteiger partial charge >= 0.3 is 0 Å². The van der Waals surface area contributed by atoms with Gasteiger partial charge in [0.25, 0.3) is 0 Å². The largest absolute Gasteiger partial charge is 0.393 e. The summed E-state index contributed by atoms with van der Waals surface area (Å²) >= 11 is 0. The molecule has 2 nitrogen and oxygen atoms in total. The molecule has 2 heteroatoms. The number of Topliss-reactive ketones (excluding diaryl/α,β-unsaturated/α-hetero) is 1. The normalized spacial score (nSPS) is 48.9. The maximum atomic E-state index is 14.0. The molecule has 4 fully saturated rings. The Balaban J connectivity index is 1.55. The molecule has 5 aliphatic carbocycles. The van der Waals surface area contributed by atoms with Gasteiger partial charge in [0.1, 0.15) is 5.78 Å². The molecule has 0 radical (unpaired) electrons. The van der Waals surface area contributed by atoms with Crippen molar-refractivity contribution in [2.75, 3.05) is 0 Å². The Kier molecular flexibility index (Phi) is 6.08. The number of fused-ring (bicyclic) bond motifs is 7. The number of aliphatic hydroxyl groups is 1. The molecule has 35 heavy (non-hydrogen) atoms. The summed E-state index contributed by atoms with van der Waals surface area (Å²) in [4.78, 5) is 14.0. The van der Waals surface area contributed by atoms with Crippen molar-refractivity contribution < 1.29 is 9.90 Å². The number of hydrogen-bond acceptors (Lipinski definition) is 2. The van der Waals surface area contributed by atoms with Crippen molar-refractivity contribution in [3.8, 4) is 0 Å². The maximum Gasteiger partial charge on any atom is 0.142 e. The van der Waals surface area contributed by atoms with E-state index in [1.165, 1.54) is 44.9 Å². The van der Waals surface area contributed by atoms with E-state index in [0.29, 0.717) is 45.7 Å². The summed E-state index contributed by atoms with van der Waals surface area (Å²) in [5, 5.41) is 10.9. The van der Waals surface area contributed by atoms with Crippen LogP contribution in [-0.2, 0) is 4.79 Å². The van der Waals surface area contributed by atoms with E-state index in [0.717, 1.165) is 25.7 Å². The highest BCUT2D eigenvalue weighted by Gasteiger charge is 2.65. The van der Waals surface area contributed by atoms with Gasteiger partial charge in [0.05, 0.1) is 6.10 Å². The highest BCUT2D eigenvalue weighted by molar-refractivity contribution is 5.88. The summed E-state index contributed by atoms with van der Waals surface area (Å²) < 4.78 is 0. The zero-order valence-corrected chi connectivity index (χ0v) is 24.2. The number of carbonyl (C=O) groups is 1. The molecule has 0 heterocycles. The van der Waals surface area contributed by atoms with Crippen LogP contribution in [0.1, 0.15) is 126 Å². The van der Waals surface area contributed by atoms with Gasteiger partial charge in [-0.15, -0.1) is 0 Å². The summed E-state index contributed by atoms with van der Waals surface area (Å²) in [5.74, 6) is 3.18. The van der Waals surface area contributed by atoms with Gasteiger partial charge in [0.2, 0.25) is 0 Å². The second-order valence-corrected chi connectivity index (χ2v) is 15.8. The lowest BCUT2D eigenvalue weighted by atomic mass is 9.36. The molecule has 9 unspecified atom stereocenters. The minimum Gasteiger partial charge on any atom is -0.393 e. The van der Waals surface area contributed by atoms with Crippen LogP contribution in [0, 0.1) is 56.7 Å². The highest BCUT2D eigenvalue weighted by Crippen LogP contribution is 2.72. The first-order valence-electron chi connectivity index (χ1n) is 15.2. The first kappa shape index (κ1) is 26.0. The van der Waals surface area contributed by atoms with Gasteiger partial charge in [-0.1, -0.05) is 67.0 Å². The number of rotatable bonds is 3. The fourth-order valence-electron chi connectivity index (χ4n) is 11.0. The molecule has 0 aliphatic heterocycles. The van der Waals surface area contributed by atoms with Gasteiger partial charge in [0.15, 0.2) is 0 Å². The van der Waals surface area contributed by atoms with E-state index in [2.05, 4.69) is 61.5 Å². The molecule has 0 bridgehead atoms. The maximum absolute atomic E-state index is 14.0. The number of aliphatic hydroxyl groups excluding tert-OH is 1. The van der Waals surface area contributed by atoms with E-state index in [1.807, 2.05) is 0 Å². The predicted molar refractivity (Wildman–Crippen MR) is 145 cm³/mol. The topological polar surface area (TPSA) is 37.3 Å². The molecule has 0 amide bonds. The molecule has 1 N–H and O–H groups in total. The molecule has 0 aromatic heterocycles.